The molecule has 100 valence electrons. The number of aromatic carboxylic acids is 1. The Hall–Kier alpha value is -1.91. The minimum atomic E-state index is -0.998. The molecule has 0 spiro atoms. The van der Waals surface area contributed by atoms with Crippen molar-refractivity contribution in [2.75, 3.05) is 0 Å². The number of nitrogens with zero attached hydrogens (tertiary/aromatic N) is 3. The zero-order valence-electron chi connectivity index (χ0n) is 11.0. The molecule has 0 saturated heterocycles. The summed E-state index contributed by atoms with van der Waals surface area (Å²) in [6, 6.07) is 1.94. The van der Waals surface area contributed by atoms with Crippen LogP contribution in [-0.2, 0) is 0 Å². The summed E-state index contributed by atoms with van der Waals surface area (Å²) in [6.07, 6.45) is 7.70. The molecule has 19 heavy (non-hydrogen) atoms. The summed E-state index contributed by atoms with van der Waals surface area (Å²) in [7, 11) is 0. The van der Waals surface area contributed by atoms with Crippen molar-refractivity contribution < 1.29 is 9.90 Å². The normalized spacial score (nSPS) is 16.9. The predicted octanol–water partition coefficient (Wildman–Crippen LogP) is 2.78. The van der Waals surface area contributed by atoms with E-state index >= 15 is 0 Å². The maximum absolute atomic E-state index is 11.0. The molecule has 3 rings (SSSR count). The lowest BCUT2D eigenvalue weighted by Crippen LogP contribution is -2.09. The van der Waals surface area contributed by atoms with Crippen LogP contribution in [0.1, 0.15) is 60.0 Å². The van der Waals surface area contributed by atoms with Gasteiger partial charge in [0.15, 0.2) is 5.69 Å². The minimum absolute atomic E-state index is 0.0747. The molecular weight excluding hydrogens is 242 g/mol. The lowest BCUT2D eigenvalue weighted by Gasteiger charge is -2.21. The van der Waals surface area contributed by atoms with Crippen LogP contribution in [0.5, 0.6) is 0 Å². The molecule has 1 fully saturated rings. The van der Waals surface area contributed by atoms with E-state index in [2.05, 4.69) is 9.97 Å². The topological polar surface area (TPSA) is 67.5 Å². The number of carboxylic acids is 1. The van der Waals surface area contributed by atoms with Crippen molar-refractivity contribution in [3.8, 4) is 0 Å². The van der Waals surface area contributed by atoms with Gasteiger partial charge in [0.25, 0.3) is 0 Å². The van der Waals surface area contributed by atoms with Crippen molar-refractivity contribution in [2.45, 2.75) is 44.9 Å². The first kappa shape index (κ1) is 12.1. The summed E-state index contributed by atoms with van der Waals surface area (Å²) in [6.45, 7) is 1.90. The number of aryl methyl sites for hydroxylation is 1. The monoisotopic (exact) mass is 259 g/mol. The highest BCUT2D eigenvalue weighted by molar-refractivity contribution is 5.86. The molecule has 5 heteroatoms. The van der Waals surface area contributed by atoms with Crippen LogP contribution >= 0.6 is 0 Å². The van der Waals surface area contributed by atoms with Gasteiger partial charge in [-0.15, -0.1) is 0 Å². The highest BCUT2D eigenvalue weighted by atomic mass is 16.4. The second kappa shape index (κ2) is 4.64. The molecule has 0 aromatic carbocycles. The van der Waals surface area contributed by atoms with E-state index in [0.717, 1.165) is 11.5 Å². The standard InChI is InChI=1S/C14H17N3O2/c1-9-15-11(10-5-3-2-4-6-10)7-13-16-12(14(18)19)8-17(9)13/h7-8,10H,2-6H2,1H3,(H,18,19). The molecule has 0 aliphatic heterocycles. The summed E-state index contributed by atoms with van der Waals surface area (Å²) < 4.78 is 1.75. The van der Waals surface area contributed by atoms with Gasteiger partial charge in [0.05, 0.1) is 0 Å². The zero-order chi connectivity index (χ0) is 13.4. The number of imidazole rings is 1. The van der Waals surface area contributed by atoms with Crippen molar-refractivity contribution in [3.63, 3.8) is 0 Å². The molecule has 0 unspecified atom stereocenters. The molecule has 0 bridgehead atoms. The quantitative estimate of drug-likeness (QED) is 0.900. The van der Waals surface area contributed by atoms with Crippen molar-refractivity contribution in [2.24, 2.45) is 0 Å². The Balaban J connectivity index is 2.05. The molecule has 0 radical (unpaired) electrons. The van der Waals surface area contributed by atoms with Gasteiger partial charge < -0.3 is 5.11 Å². The number of aromatic nitrogens is 3. The van der Waals surface area contributed by atoms with Gasteiger partial charge >= 0.3 is 5.97 Å². The van der Waals surface area contributed by atoms with E-state index in [-0.39, 0.29) is 5.69 Å². The van der Waals surface area contributed by atoms with E-state index in [1.165, 1.54) is 38.3 Å². The van der Waals surface area contributed by atoms with Gasteiger partial charge in [-0.1, -0.05) is 19.3 Å². The Morgan fingerprint density at radius 1 is 1.32 bits per heavy atom. The minimum Gasteiger partial charge on any atom is -0.476 e. The second-order valence-electron chi connectivity index (χ2n) is 5.22. The zero-order valence-corrected chi connectivity index (χ0v) is 11.0. The van der Waals surface area contributed by atoms with Crippen molar-refractivity contribution in [3.05, 3.63) is 29.5 Å². The molecule has 2 heterocycles. The van der Waals surface area contributed by atoms with Crippen LogP contribution in [0.4, 0.5) is 0 Å². The molecule has 0 amide bonds. The Morgan fingerprint density at radius 3 is 2.74 bits per heavy atom. The highest BCUT2D eigenvalue weighted by Gasteiger charge is 2.19. The first-order valence-corrected chi connectivity index (χ1v) is 6.75. The fourth-order valence-electron chi connectivity index (χ4n) is 2.87. The first-order valence-electron chi connectivity index (χ1n) is 6.75. The number of rotatable bonds is 2. The summed E-state index contributed by atoms with van der Waals surface area (Å²) in [5, 5.41) is 9.00. The van der Waals surface area contributed by atoms with Crippen LogP contribution in [0.3, 0.4) is 0 Å². The number of carboxylic acid groups (broad SMARTS) is 1. The van der Waals surface area contributed by atoms with Crippen molar-refractivity contribution in [1.82, 2.24) is 14.4 Å². The van der Waals surface area contributed by atoms with Crippen LogP contribution in [0.2, 0.25) is 0 Å². The summed E-state index contributed by atoms with van der Waals surface area (Å²) in [4.78, 5) is 19.8. The lowest BCUT2D eigenvalue weighted by atomic mass is 9.87. The summed E-state index contributed by atoms with van der Waals surface area (Å²) in [5.41, 5.74) is 1.82. The van der Waals surface area contributed by atoms with Crippen molar-refractivity contribution in [1.29, 1.82) is 0 Å². The van der Waals surface area contributed by atoms with E-state index in [1.54, 1.807) is 4.40 Å². The van der Waals surface area contributed by atoms with E-state index in [1.807, 2.05) is 13.0 Å². The highest BCUT2D eigenvalue weighted by Crippen LogP contribution is 2.32. The van der Waals surface area contributed by atoms with Gasteiger partial charge in [-0.25, -0.2) is 14.8 Å². The molecule has 1 saturated carbocycles. The average Bonchev–Trinajstić information content (AvgIpc) is 2.84. The molecule has 1 aliphatic carbocycles. The van der Waals surface area contributed by atoms with E-state index in [0.29, 0.717) is 11.6 Å². The largest absolute Gasteiger partial charge is 0.476 e. The Kier molecular flexibility index (Phi) is 2.97. The fourth-order valence-corrected chi connectivity index (χ4v) is 2.87. The third-order valence-electron chi connectivity index (χ3n) is 3.89. The number of carbonyl (C=O) groups is 1. The Bertz CT molecular complexity index is 627. The smallest absolute Gasteiger partial charge is 0.356 e. The molecule has 5 nitrogen and oxygen atoms in total. The van der Waals surface area contributed by atoms with E-state index < -0.39 is 5.97 Å². The van der Waals surface area contributed by atoms with Crippen LogP contribution in [0.15, 0.2) is 12.3 Å². The van der Waals surface area contributed by atoms with Crippen LogP contribution in [0, 0.1) is 6.92 Å². The average molecular weight is 259 g/mol. The predicted molar refractivity (Wildman–Crippen MR) is 70.5 cm³/mol. The molecule has 1 N–H and O–H groups in total. The maximum atomic E-state index is 11.0. The van der Waals surface area contributed by atoms with Gasteiger partial charge in [-0.2, -0.15) is 0 Å². The second-order valence-corrected chi connectivity index (χ2v) is 5.22. The molecular formula is C14H17N3O2. The summed E-state index contributed by atoms with van der Waals surface area (Å²) in [5.74, 6) is 0.308. The van der Waals surface area contributed by atoms with Gasteiger partial charge in [0, 0.05) is 23.9 Å². The van der Waals surface area contributed by atoms with E-state index in [4.69, 9.17) is 5.11 Å². The fraction of sp³-hybridized carbons (Fsp3) is 0.500. The Labute approximate surface area is 111 Å². The molecule has 0 atom stereocenters. The number of hydrogen-bond donors (Lipinski definition) is 1. The third-order valence-corrected chi connectivity index (χ3v) is 3.89. The number of hydrogen-bond acceptors (Lipinski definition) is 3. The van der Waals surface area contributed by atoms with Crippen LogP contribution in [0.25, 0.3) is 5.65 Å². The van der Waals surface area contributed by atoms with Gasteiger partial charge in [0.2, 0.25) is 0 Å². The SMILES string of the molecule is Cc1nc(C2CCCCC2)cc2nc(C(=O)O)cn12. The third kappa shape index (κ3) is 2.20. The first-order chi connectivity index (χ1) is 9.15. The van der Waals surface area contributed by atoms with Gasteiger partial charge in [-0.05, 0) is 19.8 Å². The van der Waals surface area contributed by atoms with Crippen LogP contribution < -0.4 is 0 Å². The van der Waals surface area contributed by atoms with E-state index in [9.17, 15) is 4.79 Å². The Morgan fingerprint density at radius 2 is 2.05 bits per heavy atom. The summed E-state index contributed by atoms with van der Waals surface area (Å²) >= 11 is 0. The molecule has 1 aliphatic rings. The van der Waals surface area contributed by atoms with Crippen molar-refractivity contribution >= 4 is 11.6 Å². The number of fused-ring (bicyclic) bond motifs is 1. The molecule has 2 aromatic heterocycles. The maximum Gasteiger partial charge on any atom is 0.356 e. The van der Waals surface area contributed by atoms with Crippen LogP contribution in [-0.4, -0.2) is 25.4 Å². The van der Waals surface area contributed by atoms with Gasteiger partial charge in [0.1, 0.15) is 11.5 Å². The lowest BCUT2D eigenvalue weighted by molar-refractivity contribution is 0.0691. The molecule has 2 aromatic rings. The van der Waals surface area contributed by atoms with Gasteiger partial charge in [-0.3, -0.25) is 4.40 Å².